The van der Waals surface area contributed by atoms with Crippen molar-refractivity contribution in [3.8, 4) is 33.6 Å². The second-order valence-electron chi connectivity index (χ2n) is 15.4. The van der Waals surface area contributed by atoms with E-state index in [-0.39, 0.29) is 5.54 Å². The van der Waals surface area contributed by atoms with Gasteiger partial charge in [0, 0.05) is 63.7 Å². The molecule has 4 aromatic heterocycles. The first kappa shape index (κ1) is 32.6. The van der Waals surface area contributed by atoms with Gasteiger partial charge in [0.15, 0.2) is 23.6 Å². The lowest BCUT2D eigenvalue weighted by Crippen LogP contribution is -2.58. The maximum atomic E-state index is 4.84. The summed E-state index contributed by atoms with van der Waals surface area (Å²) in [4.78, 5) is 0. The van der Waals surface area contributed by atoms with Gasteiger partial charge in [-0.15, -0.1) is 0 Å². The number of rotatable bonds is 3. The van der Waals surface area contributed by atoms with E-state index in [0.29, 0.717) is 0 Å². The Morgan fingerprint density at radius 2 is 1.31 bits per heavy atom. The van der Waals surface area contributed by atoms with Gasteiger partial charge in [0.25, 0.3) is 0 Å². The summed E-state index contributed by atoms with van der Waals surface area (Å²) in [5, 5.41) is 5.26. The van der Waals surface area contributed by atoms with Gasteiger partial charge in [0.05, 0.1) is 28.5 Å². The fourth-order valence-electron chi connectivity index (χ4n) is 9.72. The molecule has 0 saturated carbocycles. The summed E-state index contributed by atoms with van der Waals surface area (Å²) in [5.41, 5.74) is 16.4. The second-order valence-corrected chi connectivity index (χ2v) is 15.4. The Morgan fingerprint density at radius 1 is 0.611 bits per heavy atom. The van der Waals surface area contributed by atoms with E-state index >= 15 is 0 Å². The summed E-state index contributed by atoms with van der Waals surface area (Å²) in [7, 11) is 0. The standard InChI is InChI=1S/C51H45N3/c1-5-51(6-2)32-35(4)52-28-15-14-24-46(52)39-20-11-10-19-37(39)26-27-38-30-49-44(42-23-16-22-41-40-21-12-13-25-47(40)54(49)50(41)42)31-43(38)48-29-34(3)45(33-53(48)51)36-17-8-7-9-18-36/h7-25,28-31,33H,4-6,26-27,32H2,1-3H3/q+2. The Hall–Kier alpha value is -6.06. The van der Waals surface area contributed by atoms with Gasteiger partial charge >= 0.3 is 0 Å². The molecule has 1 aliphatic rings. The number of aryl methyl sites for hydroxylation is 3. The number of pyridine rings is 2. The van der Waals surface area contributed by atoms with Gasteiger partial charge < -0.3 is 4.40 Å². The van der Waals surface area contributed by atoms with Crippen molar-refractivity contribution < 1.29 is 9.13 Å². The lowest BCUT2D eigenvalue weighted by molar-refractivity contribution is -0.758. The van der Waals surface area contributed by atoms with E-state index in [1.807, 2.05) is 0 Å². The Bertz CT molecular complexity index is 2910. The maximum absolute atomic E-state index is 4.84. The van der Waals surface area contributed by atoms with Crippen molar-refractivity contribution >= 4 is 43.8 Å². The largest absolute Gasteiger partial charge is 0.308 e. The Kier molecular flexibility index (Phi) is 7.56. The summed E-state index contributed by atoms with van der Waals surface area (Å²) < 4.78 is 7.55. The highest BCUT2D eigenvalue weighted by atomic mass is 15.1. The van der Waals surface area contributed by atoms with Gasteiger partial charge in [0.2, 0.25) is 11.4 Å². The van der Waals surface area contributed by atoms with Crippen molar-refractivity contribution in [1.29, 1.82) is 0 Å². The van der Waals surface area contributed by atoms with Crippen molar-refractivity contribution in [3.63, 3.8) is 0 Å². The molecule has 0 unspecified atom stereocenters. The summed E-state index contributed by atoms with van der Waals surface area (Å²) in [5.74, 6) is 0. The van der Waals surface area contributed by atoms with E-state index < -0.39 is 0 Å². The number of hydrogen-bond acceptors (Lipinski definition) is 0. The van der Waals surface area contributed by atoms with Gasteiger partial charge in [-0.25, -0.2) is 0 Å². The molecule has 0 N–H and O–H groups in total. The molecule has 0 spiro atoms. The van der Waals surface area contributed by atoms with Crippen molar-refractivity contribution in [3.05, 3.63) is 169 Å². The zero-order valence-corrected chi connectivity index (χ0v) is 31.4. The number of aromatic nitrogens is 3. The number of allylic oxidation sites excluding steroid dienone is 1. The summed E-state index contributed by atoms with van der Waals surface area (Å²) in [6.07, 6.45) is 9.26. The molecule has 5 aromatic carbocycles. The minimum absolute atomic E-state index is 0.227. The molecular weight excluding hydrogens is 655 g/mol. The molecule has 0 amide bonds. The van der Waals surface area contributed by atoms with E-state index in [9.17, 15) is 0 Å². The van der Waals surface area contributed by atoms with Crippen molar-refractivity contribution in [2.45, 2.75) is 58.4 Å². The Balaban J connectivity index is 1.33. The maximum Gasteiger partial charge on any atom is 0.218 e. The van der Waals surface area contributed by atoms with Gasteiger partial charge in [-0.1, -0.05) is 98.8 Å². The van der Waals surface area contributed by atoms with E-state index in [1.54, 1.807) is 0 Å². The van der Waals surface area contributed by atoms with Gasteiger partial charge in [-0.2, -0.15) is 9.13 Å². The third-order valence-corrected chi connectivity index (χ3v) is 12.6. The SMILES string of the molecule is C=C1CC(CC)(CC)[n+]2cc(-c3ccccc3)c(C)cc2-c2cc3c4cccc5c6ccccc6n(c3cc2CCc2ccccc2-c2cccc[n+]21)c54. The minimum Gasteiger partial charge on any atom is -0.308 e. The number of hydrogen-bond donors (Lipinski definition) is 0. The number of benzene rings is 5. The molecule has 0 aliphatic carbocycles. The average Bonchev–Trinajstić information content (AvgIpc) is 3.74. The second kappa shape index (κ2) is 12.5. The van der Waals surface area contributed by atoms with Crippen LogP contribution in [0.4, 0.5) is 0 Å². The summed E-state index contributed by atoms with van der Waals surface area (Å²) >= 11 is 0. The molecule has 3 heteroatoms. The van der Waals surface area contributed by atoms with Crippen molar-refractivity contribution in [1.82, 2.24) is 4.40 Å². The third kappa shape index (κ3) is 4.81. The number of fused-ring (bicyclic) bond motifs is 12. The molecule has 0 radical (unpaired) electrons. The molecule has 0 bridgehead atoms. The number of nitrogens with zero attached hydrogens (tertiary/aromatic N) is 3. The molecule has 3 nitrogen and oxygen atoms in total. The molecule has 1 aliphatic heterocycles. The minimum atomic E-state index is -0.227. The molecule has 9 aromatic rings. The zero-order valence-electron chi connectivity index (χ0n) is 31.4. The van der Waals surface area contributed by atoms with E-state index in [1.165, 1.54) is 88.4 Å². The fourth-order valence-corrected chi connectivity index (χ4v) is 9.72. The Morgan fingerprint density at radius 3 is 2.15 bits per heavy atom. The lowest BCUT2D eigenvalue weighted by atomic mass is 9.84. The molecule has 5 heterocycles. The molecular formula is C51H45N3+2. The van der Waals surface area contributed by atoms with Crippen LogP contribution in [0.1, 0.15) is 49.8 Å². The summed E-state index contributed by atoms with van der Waals surface area (Å²) in [6, 6.07) is 49.8. The van der Waals surface area contributed by atoms with Crippen LogP contribution in [0, 0.1) is 6.92 Å². The predicted molar refractivity (Wildman–Crippen MR) is 225 cm³/mol. The average molecular weight is 700 g/mol. The molecule has 0 saturated heterocycles. The van der Waals surface area contributed by atoms with Crippen LogP contribution in [-0.2, 0) is 18.4 Å². The summed E-state index contributed by atoms with van der Waals surface area (Å²) in [6.45, 7) is 11.9. The topological polar surface area (TPSA) is 12.2 Å². The Labute approximate surface area is 317 Å². The first-order valence-corrected chi connectivity index (χ1v) is 19.6. The van der Waals surface area contributed by atoms with E-state index in [0.717, 1.165) is 37.8 Å². The normalized spacial score (nSPS) is 14.3. The molecule has 0 atom stereocenters. The molecule has 0 fully saturated rings. The van der Waals surface area contributed by atoms with Gasteiger partial charge in [-0.3, -0.25) is 0 Å². The van der Waals surface area contributed by atoms with Crippen LogP contribution in [0.3, 0.4) is 0 Å². The van der Waals surface area contributed by atoms with Gasteiger partial charge in [-0.05, 0) is 78.9 Å². The third-order valence-electron chi connectivity index (χ3n) is 12.6. The number of para-hydroxylation sites is 2. The van der Waals surface area contributed by atoms with Crippen LogP contribution in [0.2, 0.25) is 0 Å². The van der Waals surface area contributed by atoms with Crippen LogP contribution >= 0.6 is 0 Å². The van der Waals surface area contributed by atoms with Gasteiger partial charge in [0.1, 0.15) is 0 Å². The first-order chi connectivity index (χ1) is 26.5. The van der Waals surface area contributed by atoms with Crippen molar-refractivity contribution in [2.24, 2.45) is 0 Å². The van der Waals surface area contributed by atoms with Crippen LogP contribution in [0.25, 0.3) is 77.4 Å². The van der Waals surface area contributed by atoms with E-state index in [4.69, 9.17) is 6.58 Å². The quantitative estimate of drug-likeness (QED) is 0.163. The first-order valence-electron chi connectivity index (χ1n) is 19.6. The molecule has 10 rings (SSSR count). The lowest BCUT2D eigenvalue weighted by Gasteiger charge is -2.29. The van der Waals surface area contributed by atoms with Crippen LogP contribution in [0.15, 0.2) is 152 Å². The monoisotopic (exact) mass is 699 g/mol. The van der Waals surface area contributed by atoms with Crippen LogP contribution in [-0.4, -0.2) is 4.40 Å². The molecule has 262 valence electrons. The highest BCUT2D eigenvalue weighted by Gasteiger charge is 2.43. The fraction of sp³-hybridized carbons (Fsp3) is 0.176. The zero-order chi connectivity index (χ0) is 36.6. The highest BCUT2D eigenvalue weighted by molar-refractivity contribution is 6.23. The van der Waals surface area contributed by atoms with E-state index in [2.05, 4.69) is 180 Å². The molecule has 54 heavy (non-hydrogen) atoms. The predicted octanol–water partition coefficient (Wildman–Crippen LogP) is 11.9. The highest BCUT2D eigenvalue weighted by Crippen LogP contribution is 2.43. The van der Waals surface area contributed by atoms with Crippen molar-refractivity contribution in [2.75, 3.05) is 0 Å². The van der Waals surface area contributed by atoms with Crippen LogP contribution < -0.4 is 9.13 Å². The van der Waals surface area contributed by atoms with Crippen LogP contribution in [0.5, 0.6) is 0 Å². The smallest absolute Gasteiger partial charge is 0.218 e.